The van der Waals surface area contributed by atoms with Crippen molar-refractivity contribution in [2.45, 2.75) is 130 Å². The number of unbranched alkanes of at least 4 members (excludes halogenated alkanes) is 12. The molecule has 0 aliphatic heterocycles. The van der Waals surface area contributed by atoms with E-state index in [0.717, 1.165) is 0 Å². The molecule has 2 heteroatoms. The first-order valence-corrected chi connectivity index (χ1v) is 12.9. The molecule has 0 aromatic rings. The molecule has 0 amide bonds. The second kappa shape index (κ2) is 21.1. The molecule has 0 bridgehead atoms. The van der Waals surface area contributed by atoms with Gasteiger partial charge in [-0.2, -0.15) is 0 Å². The van der Waals surface area contributed by atoms with Crippen LogP contribution in [0.15, 0.2) is 12.4 Å². The molecule has 0 fully saturated rings. The first-order valence-electron chi connectivity index (χ1n) is 12.9. The fourth-order valence-corrected chi connectivity index (χ4v) is 3.86. The lowest BCUT2D eigenvalue weighted by Crippen LogP contribution is -2.37. The van der Waals surface area contributed by atoms with E-state index in [2.05, 4.69) is 44.1 Å². The Bertz CT molecular complexity index is 272. The summed E-state index contributed by atoms with van der Waals surface area (Å²) in [6.07, 6.45) is 21.5. The second-order valence-corrected chi connectivity index (χ2v) is 8.63. The van der Waals surface area contributed by atoms with Gasteiger partial charge in [0.15, 0.2) is 0 Å². The number of hydrogen-bond donors (Lipinski definition) is 0. The van der Waals surface area contributed by atoms with E-state index >= 15 is 0 Å². The van der Waals surface area contributed by atoms with E-state index in [1.165, 1.54) is 135 Å². The van der Waals surface area contributed by atoms with Crippen molar-refractivity contribution in [3.63, 3.8) is 0 Å². The third-order valence-corrected chi connectivity index (χ3v) is 5.86. The van der Waals surface area contributed by atoms with Crippen molar-refractivity contribution in [3.05, 3.63) is 12.4 Å². The highest BCUT2D eigenvalue weighted by Gasteiger charge is 2.14. The van der Waals surface area contributed by atoms with Crippen molar-refractivity contribution in [2.75, 3.05) is 26.2 Å². The molecule has 2 nitrogen and oxygen atoms in total. The Morgan fingerprint density at radius 1 is 0.429 bits per heavy atom. The van der Waals surface area contributed by atoms with Crippen molar-refractivity contribution in [2.24, 2.45) is 0 Å². The Morgan fingerprint density at radius 2 is 0.679 bits per heavy atom. The zero-order valence-corrected chi connectivity index (χ0v) is 20.2. The molecular weight excluding hydrogens is 340 g/mol. The third-order valence-electron chi connectivity index (χ3n) is 5.86. The van der Waals surface area contributed by atoms with Gasteiger partial charge in [-0.25, -0.2) is 0 Å². The molecule has 0 unspecified atom stereocenters. The molecule has 0 aliphatic rings. The maximum absolute atomic E-state index is 4.60. The van der Waals surface area contributed by atoms with E-state index in [-0.39, 0.29) is 0 Å². The molecule has 0 aliphatic carbocycles. The zero-order valence-electron chi connectivity index (χ0n) is 20.2. The summed E-state index contributed by atoms with van der Waals surface area (Å²) in [4.78, 5) is 5.26. The minimum absolute atomic E-state index is 1.20. The van der Waals surface area contributed by atoms with Gasteiger partial charge in [0.05, 0.1) is 5.82 Å². The second-order valence-electron chi connectivity index (χ2n) is 8.63. The van der Waals surface area contributed by atoms with E-state index in [1.54, 1.807) is 0 Å². The summed E-state index contributed by atoms with van der Waals surface area (Å²) in [7, 11) is 0. The summed E-state index contributed by atoms with van der Waals surface area (Å²) >= 11 is 0. The monoisotopic (exact) mass is 394 g/mol. The highest BCUT2D eigenvalue weighted by Crippen LogP contribution is 2.16. The van der Waals surface area contributed by atoms with Crippen LogP contribution >= 0.6 is 0 Å². The Kier molecular flexibility index (Phi) is 20.6. The molecule has 0 aromatic heterocycles. The van der Waals surface area contributed by atoms with Crippen molar-refractivity contribution < 1.29 is 0 Å². The summed E-state index contributed by atoms with van der Waals surface area (Å²) < 4.78 is 0. The maximum Gasteiger partial charge on any atom is 0.0965 e. The Labute approximate surface area is 179 Å². The van der Waals surface area contributed by atoms with E-state index in [9.17, 15) is 0 Å². The van der Waals surface area contributed by atoms with Crippen LogP contribution in [0, 0.1) is 0 Å². The lowest BCUT2D eigenvalue weighted by molar-refractivity contribution is 0.198. The van der Waals surface area contributed by atoms with Gasteiger partial charge in [-0.15, -0.1) is 0 Å². The van der Waals surface area contributed by atoms with Gasteiger partial charge in [0.2, 0.25) is 0 Å². The predicted octanol–water partition coefficient (Wildman–Crippen LogP) is 8.38. The molecule has 28 heavy (non-hydrogen) atoms. The Morgan fingerprint density at radius 3 is 0.893 bits per heavy atom. The number of rotatable bonds is 22. The molecule has 0 aromatic carbocycles. The Hall–Kier alpha value is -0.660. The lowest BCUT2D eigenvalue weighted by atomic mass is 10.1. The van der Waals surface area contributed by atoms with Gasteiger partial charge in [-0.1, -0.05) is 111 Å². The minimum Gasteiger partial charge on any atom is -0.359 e. The zero-order chi connectivity index (χ0) is 20.9. The number of nitrogens with zero attached hydrogens (tertiary/aromatic N) is 2. The van der Waals surface area contributed by atoms with Crippen molar-refractivity contribution in [1.29, 1.82) is 0 Å². The molecule has 0 saturated carbocycles. The molecule has 168 valence electrons. The summed E-state index contributed by atoms with van der Waals surface area (Å²) in [6.45, 7) is 18.6. The van der Waals surface area contributed by atoms with Crippen LogP contribution in [-0.2, 0) is 0 Å². The van der Waals surface area contributed by atoms with Crippen LogP contribution in [-0.4, -0.2) is 36.0 Å². The van der Waals surface area contributed by atoms with E-state index in [0.29, 0.717) is 0 Å². The highest BCUT2D eigenvalue weighted by molar-refractivity contribution is 4.94. The van der Waals surface area contributed by atoms with Crippen LogP contribution in [0.5, 0.6) is 0 Å². The lowest BCUT2D eigenvalue weighted by Gasteiger charge is -2.36. The standard InChI is InChI=1S/C26H54N2/c1-6-10-14-18-22-27(23-19-15-11-7-2)26(5)28(24-20-16-12-8-3)25-21-17-13-9-4/h5-25H2,1-4H3. The first-order chi connectivity index (χ1) is 13.7. The third kappa shape index (κ3) is 15.3. The largest absolute Gasteiger partial charge is 0.359 e. The van der Waals surface area contributed by atoms with Crippen molar-refractivity contribution in [3.8, 4) is 0 Å². The van der Waals surface area contributed by atoms with Gasteiger partial charge in [-0.05, 0) is 25.7 Å². The van der Waals surface area contributed by atoms with Crippen LogP contribution in [0.25, 0.3) is 0 Å². The predicted molar refractivity (Wildman–Crippen MR) is 129 cm³/mol. The topological polar surface area (TPSA) is 6.48 Å². The van der Waals surface area contributed by atoms with Crippen molar-refractivity contribution in [1.82, 2.24) is 9.80 Å². The molecule has 0 radical (unpaired) electrons. The van der Waals surface area contributed by atoms with E-state index in [4.69, 9.17) is 0 Å². The molecule has 0 saturated heterocycles. The average Bonchev–Trinajstić information content (AvgIpc) is 2.71. The quantitative estimate of drug-likeness (QED) is 0.170. The molecule has 0 N–H and O–H groups in total. The molecular formula is C26H54N2. The molecule has 0 heterocycles. The Balaban J connectivity index is 4.72. The summed E-state index contributed by atoms with van der Waals surface area (Å²) in [5, 5.41) is 0. The van der Waals surface area contributed by atoms with Crippen LogP contribution in [0.3, 0.4) is 0 Å². The maximum atomic E-state index is 4.60. The van der Waals surface area contributed by atoms with Gasteiger partial charge >= 0.3 is 0 Å². The van der Waals surface area contributed by atoms with Crippen LogP contribution in [0.4, 0.5) is 0 Å². The average molecular weight is 395 g/mol. The summed E-state index contributed by atoms with van der Waals surface area (Å²) in [6, 6.07) is 0. The molecule has 0 atom stereocenters. The normalized spacial score (nSPS) is 11.0. The van der Waals surface area contributed by atoms with Crippen LogP contribution < -0.4 is 0 Å². The SMILES string of the molecule is C=C(N(CCCCCC)CCCCCC)N(CCCCCC)CCCCCC. The molecule has 0 rings (SSSR count). The van der Waals surface area contributed by atoms with Crippen molar-refractivity contribution >= 4 is 0 Å². The molecule has 0 spiro atoms. The minimum atomic E-state index is 1.20. The van der Waals surface area contributed by atoms with Crippen LogP contribution in [0.2, 0.25) is 0 Å². The van der Waals surface area contributed by atoms with Gasteiger partial charge < -0.3 is 9.80 Å². The fourth-order valence-electron chi connectivity index (χ4n) is 3.86. The van der Waals surface area contributed by atoms with E-state index in [1.807, 2.05) is 0 Å². The first kappa shape index (κ1) is 27.3. The summed E-state index contributed by atoms with van der Waals surface area (Å²) in [5.41, 5.74) is 0. The smallest absolute Gasteiger partial charge is 0.0965 e. The van der Waals surface area contributed by atoms with E-state index < -0.39 is 0 Å². The fraction of sp³-hybridized carbons (Fsp3) is 0.923. The van der Waals surface area contributed by atoms with Gasteiger partial charge in [0, 0.05) is 26.2 Å². The highest BCUT2D eigenvalue weighted by atomic mass is 15.3. The summed E-state index contributed by atoms with van der Waals surface area (Å²) in [5.74, 6) is 1.32. The van der Waals surface area contributed by atoms with Gasteiger partial charge in [0.25, 0.3) is 0 Å². The van der Waals surface area contributed by atoms with Crippen LogP contribution in [0.1, 0.15) is 130 Å². The van der Waals surface area contributed by atoms with Gasteiger partial charge in [0.1, 0.15) is 0 Å². The van der Waals surface area contributed by atoms with Gasteiger partial charge in [-0.3, -0.25) is 0 Å². The number of hydrogen-bond acceptors (Lipinski definition) is 2.